The second-order valence-corrected chi connectivity index (χ2v) is 7.94. The van der Waals surface area contributed by atoms with E-state index in [1.807, 2.05) is 54.6 Å². The molecule has 1 aliphatic heterocycles. The van der Waals surface area contributed by atoms with Crippen molar-refractivity contribution in [1.29, 1.82) is 0 Å². The molecule has 2 atom stereocenters. The monoisotopic (exact) mass is 421 g/mol. The summed E-state index contributed by atoms with van der Waals surface area (Å²) in [6, 6.07) is 21.5. The number of furan rings is 1. The first kappa shape index (κ1) is 21.6. The van der Waals surface area contributed by atoms with E-state index in [9.17, 15) is 5.11 Å². The van der Waals surface area contributed by atoms with Crippen molar-refractivity contribution in [2.24, 2.45) is 0 Å². The first-order valence-corrected chi connectivity index (χ1v) is 11.1. The van der Waals surface area contributed by atoms with Crippen LogP contribution < -0.4 is 4.74 Å². The number of morpholine rings is 1. The SMILES string of the molecule is CC[C@@H](c1ccccc1)[C@](O)(c1ccc(OCCN2CCOCC2)cc1)c1ccco1. The number of ether oxygens (including phenoxy) is 2. The summed E-state index contributed by atoms with van der Waals surface area (Å²) < 4.78 is 17.1. The molecule has 0 saturated carbocycles. The van der Waals surface area contributed by atoms with Crippen molar-refractivity contribution in [3.05, 3.63) is 89.9 Å². The zero-order valence-corrected chi connectivity index (χ0v) is 18.1. The molecule has 0 aliphatic carbocycles. The Morgan fingerprint density at radius 2 is 1.74 bits per heavy atom. The van der Waals surface area contributed by atoms with Crippen LogP contribution in [0.15, 0.2) is 77.4 Å². The fraction of sp³-hybridized carbons (Fsp3) is 0.385. The quantitative estimate of drug-likeness (QED) is 0.554. The number of rotatable bonds is 9. The molecule has 1 saturated heterocycles. The van der Waals surface area contributed by atoms with Crippen LogP contribution in [-0.2, 0) is 10.3 Å². The number of aliphatic hydroxyl groups is 1. The van der Waals surface area contributed by atoms with Crippen molar-refractivity contribution in [3.8, 4) is 5.75 Å². The number of nitrogens with zero attached hydrogens (tertiary/aromatic N) is 1. The Morgan fingerprint density at radius 1 is 1.00 bits per heavy atom. The molecule has 0 spiro atoms. The number of hydrogen-bond acceptors (Lipinski definition) is 5. The zero-order valence-electron chi connectivity index (χ0n) is 18.1. The first-order valence-electron chi connectivity index (χ1n) is 11.1. The van der Waals surface area contributed by atoms with Crippen LogP contribution >= 0.6 is 0 Å². The Morgan fingerprint density at radius 3 is 2.39 bits per heavy atom. The minimum atomic E-state index is -1.27. The molecule has 4 rings (SSSR count). The minimum absolute atomic E-state index is 0.145. The summed E-state index contributed by atoms with van der Waals surface area (Å²) in [4.78, 5) is 2.35. The van der Waals surface area contributed by atoms with Gasteiger partial charge in [-0.2, -0.15) is 0 Å². The summed E-state index contributed by atoms with van der Waals surface area (Å²) in [7, 11) is 0. The van der Waals surface area contributed by atoms with Gasteiger partial charge in [-0.25, -0.2) is 0 Å². The normalized spacial score (nSPS) is 17.7. The van der Waals surface area contributed by atoms with Gasteiger partial charge in [-0.15, -0.1) is 0 Å². The summed E-state index contributed by atoms with van der Waals surface area (Å²) in [5.74, 6) is 1.20. The van der Waals surface area contributed by atoms with Crippen LogP contribution in [0.4, 0.5) is 0 Å². The van der Waals surface area contributed by atoms with Crippen molar-refractivity contribution in [2.75, 3.05) is 39.5 Å². The van der Waals surface area contributed by atoms with E-state index >= 15 is 0 Å². The third-order valence-electron chi connectivity index (χ3n) is 6.09. The van der Waals surface area contributed by atoms with Gasteiger partial charge in [0.1, 0.15) is 18.1 Å². The fourth-order valence-electron chi connectivity index (χ4n) is 4.39. The van der Waals surface area contributed by atoms with E-state index in [4.69, 9.17) is 13.9 Å². The van der Waals surface area contributed by atoms with Crippen LogP contribution in [0.1, 0.15) is 36.1 Å². The smallest absolute Gasteiger partial charge is 0.154 e. The molecule has 5 nitrogen and oxygen atoms in total. The highest BCUT2D eigenvalue weighted by Gasteiger charge is 2.42. The van der Waals surface area contributed by atoms with Gasteiger partial charge in [-0.1, -0.05) is 49.4 Å². The highest BCUT2D eigenvalue weighted by atomic mass is 16.5. The lowest BCUT2D eigenvalue weighted by Crippen LogP contribution is -2.38. The molecule has 164 valence electrons. The molecule has 31 heavy (non-hydrogen) atoms. The van der Waals surface area contributed by atoms with E-state index < -0.39 is 5.60 Å². The van der Waals surface area contributed by atoms with Crippen molar-refractivity contribution in [2.45, 2.75) is 24.9 Å². The Labute approximate surface area is 184 Å². The number of hydrogen-bond donors (Lipinski definition) is 1. The minimum Gasteiger partial charge on any atom is -0.492 e. The van der Waals surface area contributed by atoms with Crippen molar-refractivity contribution in [3.63, 3.8) is 0 Å². The van der Waals surface area contributed by atoms with Gasteiger partial charge in [0.2, 0.25) is 0 Å². The third-order valence-corrected chi connectivity index (χ3v) is 6.09. The molecule has 1 aliphatic rings. The maximum atomic E-state index is 12.0. The first-order chi connectivity index (χ1) is 15.2. The predicted molar refractivity (Wildman–Crippen MR) is 120 cm³/mol. The summed E-state index contributed by atoms with van der Waals surface area (Å²) in [6.07, 6.45) is 2.38. The van der Waals surface area contributed by atoms with Crippen LogP contribution in [0.2, 0.25) is 0 Å². The van der Waals surface area contributed by atoms with Gasteiger partial charge < -0.3 is 19.0 Å². The molecule has 0 amide bonds. The van der Waals surface area contributed by atoms with E-state index in [-0.39, 0.29) is 5.92 Å². The molecule has 3 aromatic rings. The van der Waals surface area contributed by atoms with E-state index in [1.54, 1.807) is 6.26 Å². The van der Waals surface area contributed by atoms with E-state index in [0.717, 1.165) is 56.1 Å². The van der Waals surface area contributed by atoms with Crippen LogP contribution in [0.25, 0.3) is 0 Å². The Hall–Kier alpha value is -2.60. The van der Waals surface area contributed by atoms with Gasteiger partial charge in [0.25, 0.3) is 0 Å². The molecule has 2 aromatic carbocycles. The molecule has 2 heterocycles. The predicted octanol–water partition coefficient (Wildman–Crippen LogP) is 4.42. The van der Waals surface area contributed by atoms with Crippen molar-refractivity contribution >= 4 is 0 Å². The average Bonchev–Trinajstić information content (AvgIpc) is 3.37. The largest absolute Gasteiger partial charge is 0.492 e. The van der Waals surface area contributed by atoms with E-state index in [2.05, 4.69) is 24.0 Å². The zero-order chi connectivity index (χ0) is 21.5. The summed E-state index contributed by atoms with van der Waals surface area (Å²) in [6.45, 7) is 7.10. The van der Waals surface area contributed by atoms with Gasteiger partial charge in [0, 0.05) is 25.6 Å². The lowest BCUT2D eigenvalue weighted by atomic mass is 9.74. The van der Waals surface area contributed by atoms with Crippen LogP contribution in [0.3, 0.4) is 0 Å². The lowest BCUT2D eigenvalue weighted by molar-refractivity contribution is 0.0258. The van der Waals surface area contributed by atoms with Crippen molar-refractivity contribution < 1.29 is 19.0 Å². The van der Waals surface area contributed by atoms with Crippen LogP contribution in [0, 0.1) is 0 Å². The van der Waals surface area contributed by atoms with Crippen molar-refractivity contribution in [1.82, 2.24) is 4.90 Å². The summed E-state index contributed by atoms with van der Waals surface area (Å²) >= 11 is 0. The Balaban J connectivity index is 1.53. The van der Waals surface area contributed by atoms with Crippen LogP contribution in [-0.4, -0.2) is 49.5 Å². The van der Waals surface area contributed by atoms with Crippen LogP contribution in [0.5, 0.6) is 5.75 Å². The highest BCUT2D eigenvalue weighted by Crippen LogP contribution is 2.44. The third kappa shape index (κ3) is 4.85. The molecular weight excluding hydrogens is 390 g/mol. The molecular formula is C26H31NO4. The van der Waals surface area contributed by atoms with Gasteiger partial charge in [0.15, 0.2) is 5.60 Å². The standard InChI is InChI=1S/C26H31NO4/c1-2-24(21-7-4-3-5-8-21)26(28,25-9-6-17-31-25)22-10-12-23(13-11-22)30-20-16-27-14-18-29-19-15-27/h3-13,17,24,28H,2,14-16,18-20H2,1H3/t24-,26+/m0/s1. The van der Waals surface area contributed by atoms with E-state index in [0.29, 0.717) is 12.4 Å². The molecule has 0 bridgehead atoms. The van der Waals surface area contributed by atoms with E-state index in [1.165, 1.54) is 0 Å². The topological polar surface area (TPSA) is 55.1 Å². The summed E-state index contributed by atoms with van der Waals surface area (Å²) in [5.41, 5.74) is 0.597. The fourth-order valence-corrected chi connectivity index (χ4v) is 4.39. The van der Waals surface area contributed by atoms with Gasteiger partial charge >= 0.3 is 0 Å². The second-order valence-electron chi connectivity index (χ2n) is 7.94. The highest BCUT2D eigenvalue weighted by molar-refractivity contribution is 5.40. The second kappa shape index (κ2) is 10.1. The molecule has 1 aromatic heterocycles. The molecule has 0 unspecified atom stereocenters. The Bertz CT molecular complexity index is 904. The summed E-state index contributed by atoms with van der Waals surface area (Å²) in [5, 5.41) is 12.0. The number of benzene rings is 2. The lowest BCUT2D eigenvalue weighted by Gasteiger charge is -2.35. The average molecular weight is 422 g/mol. The van der Waals surface area contributed by atoms with Gasteiger partial charge in [-0.05, 0) is 41.8 Å². The molecule has 1 fully saturated rings. The van der Waals surface area contributed by atoms with Gasteiger partial charge in [0.05, 0.1) is 19.5 Å². The maximum Gasteiger partial charge on any atom is 0.154 e. The maximum absolute atomic E-state index is 12.0. The van der Waals surface area contributed by atoms with Gasteiger partial charge in [-0.3, -0.25) is 4.90 Å². The Kier molecular flexibility index (Phi) is 7.07. The molecule has 5 heteroatoms. The molecule has 1 N–H and O–H groups in total. The molecule has 0 radical (unpaired) electrons.